The maximum absolute atomic E-state index is 11.8. The van der Waals surface area contributed by atoms with Crippen LogP contribution in [0, 0.1) is 13.8 Å². The van der Waals surface area contributed by atoms with Crippen molar-refractivity contribution in [3.8, 4) is 0 Å². The minimum absolute atomic E-state index is 0.142. The van der Waals surface area contributed by atoms with E-state index in [1.165, 1.54) is 11.3 Å². The fourth-order valence-electron chi connectivity index (χ4n) is 1.32. The second kappa shape index (κ2) is 5.05. The van der Waals surface area contributed by atoms with Gasteiger partial charge in [0.2, 0.25) is 0 Å². The van der Waals surface area contributed by atoms with Gasteiger partial charge in [0, 0.05) is 11.1 Å². The van der Waals surface area contributed by atoms with Crippen molar-refractivity contribution in [2.45, 2.75) is 20.4 Å². The molecule has 1 N–H and O–H groups in total. The van der Waals surface area contributed by atoms with Crippen molar-refractivity contribution in [2.75, 3.05) is 0 Å². The summed E-state index contributed by atoms with van der Waals surface area (Å²) >= 11 is 1.41. The van der Waals surface area contributed by atoms with E-state index in [-0.39, 0.29) is 5.91 Å². The summed E-state index contributed by atoms with van der Waals surface area (Å²) in [5.41, 5.74) is 1.75. The van der Waals surface area contributed by atoms with Crippen LogP contribution in [0.3, 0.4) is 0 Å². The molecule has 0 atom stereocenters. The molecule has 2 heterocycles. The SMILES string of the molecule is Cc1nc(C(=O)NCc2ccccn2)sc1C. The summed E-state index contributed by atoms with van der Waals surface area (Å²) in [6.45, 7) is 4.29. The molecule has 0 spiro atoms. The zero-order valence-corrected chi connectivity index (χ0v) is 10.5. The lowest BCUT2D eigenvalue weighted by atomic mass is 10.3. The van der Waals surface area contributed by atoms with Gasteiger partial charge in [-0.1, -0.05) is 6.07 Å². The number of thiazole rings is 1. The first-order valence-electron chi connectivity index (χ1n) is 5.29. The van der Waals surface area contributed by atoms with Crippen molar-refractivity contribution in [1.29, 1.82) is 0 Å². The van der Waals surface area contributed by atoms with Gasteiger partial charge in [-0.25, -0.2) is 4.98 Å². The minimum atomic E-state index is -0.142. The van der Waals surface area contributed by atoms with E-state index in [4.69, 9.17) is 0 Å². The number of amides is 1. The van der Waals surface area contributed by atoms with Crippen LogP contribution < -0.4 is 5.32 Å². The Kier molecular flexibility index (Phi) is 3.49. The maximum Gasteiger partial charge on any atom is 0.280 e. The van der Waals surface area contributed by atoms with Crippen molar-refractivity contribution in [3.63, 3.8) is 0 Å². The topological polar surface area (TPSA) is 54.9 Å². The van der Waals surface area contributed by atoms with Gasteiger partial charge < -0.3 is 5.32 Å². The van der Waals surface area contributed by atoms with E-state index in [0.717, 1.165) is 16.3 Å². The number of rotatable bonds is 3. The molecular weight excluding hydrogens is 234 g/mol. The fourth-order valence-corrected chi connectivity index (χ4v) is 2.15. The van der Waals surface area contributed by atoms with Crippen LogP contribution >= 0.6 is 11.3 Å². The summed E-state index contributed by atoms with van der Waals surface area (Å²) in [7, 11) is 0. The Morgan fingerprint density at radius 2 is 2.24 bits per heavy atom. The van der Waals surface area contributed by atoms with Gasteiger partial charge in [0.25, 0.3) is 5.91 Å². The van der Waals surface area contributed by atoms with Crippen LogP contribution in [0.1, 0.15) is 26.1 Å². The van der Waals surface area contributed by atoms with Crippen LogP contribution in [0.5, 0.6) is 0 Å². The van der Waals surface area contributed by atoms with Crippen LogP contribution in [0.25, 0.3) is 0 Å². The van der Waals surface area contributed by atoms with Crippen molar-refractivity contribution in [1.82, 2.24) is 15.3 Å². The third-order valence-corrected chi connectivity index (χ3v) is 3.45. The molecular formula is C12H13N3OS. The largest absolute Gasteiger partial charge is 0.344 e. The van der Waals surface area contributed by atoms with Gasteiger partial charge in [0.05, 0.1) is 17.9 Å². The van der Waals surface area contributed by atoms with Crippen molar-refractivity contribution < 1.29 is 4.79 Å². The van der Waals surface area contributed by atoms with E-state index >= 15 is 0 Å². The Bertz CT molecular complexity index is 502. The van der Waals surface area contributed by atoms with Gasteiger partial charge in [0.1, 0.15) is 0 Å². The van der Waals surface area contributed by atoms with Gasteiger partial charge >= 0.3 is 0 Å². The Balaban J connectivity index is 1.98. The van der Waals surface area contributed by atoms with Gasteiger partial charge in [-0.15, -0.1) is 11.3 Å². The Hall–Kier alpha value is -1.75. The summed E-state index contributed by atoms with van der Waals surface area (Å²) in [5, 5.41) is 3.31. The number of hydrogen-bond acceptors (Lipinski definition) is 4. The fraction of sp³-hybridized carbons (Fsp3) is 0.250. The summed E-state index contributed by atoms with van der Waals surface area (Å²) < 4.78 is 0. The molecule has 0 aliphatic heterocycles. The van der Waals surface area contributed by atoms with Crippen LogP contribution in [-0.4, -0.2) is 15.9 Å². The lowest BCUT2D eigenvalue weighted by molar-refractivity contribution is 0.0950. The molecule has 0 saturated carbocycles. The maximum atomic E-state index is 11.8. The Morgan fingerprint density at radius 1 is 1.41 bits per heavy atom. The average molecular weight is 247 g/mol. The predicted molar refractivity (Wildman–Crippen MR) is 67.0 cm³/mol. The normalized spacial score (nSPS) is 10.2. The van der Waals surface area contributed by atoms with E-state index in [1.807, 2.05) is 32.0 Å². The number of aryl methyl sites for hydroxylation is 2. The molecule has 88 valence electrons. The first kappa shape index (κ1) is 11.7. The summed E-state index contributed by atoms with van der Waals surface area (Å²) in [4.78, 5) is 21.2. The molecule has 0 aliphatic carbocycles. The molecule has 4 nitrogen and oxygen atoms in total. The van der Waals surface area contributed by atoms with Gasteiger partial charge in [-0.2, -0.15) is 0 Å². The van der Waals surface area contributed by atoms with Crippen LogP contribution in [-0.2, 0) is 6.54 Å². The molecule has 2 aromatic heterocycles. The number of nitrogens with zero attached hydrogens (tertiary/aromatic N) is 2. The molecule has 5 heteroatoms. The number of carbonyl (C=O) groups is 1. The van der Waals surface area contributed by atoms with E-state index in [2.05, 4.69) is 15.3 Å². The van der Waals surface area contributed by atoms with E-state index in [9.17, 15) is 4.79 Å². The molecule has 0 aromatic carbocycles. The van der Waals surface area contributed by atoms with Crippen molar-refractivity contribution in [2.24, 2.45) is 0 Å². The Labute approximate surface area is 104 Å². The molecule has 0 aliphatic rings. The highest BCUT2D eigenvalue weighted by Gasteiger charge is 2.11. The minimum Gasteiger partial charge on any atom is -0.344 e. The summed E-state index contributed by atoms with van der Waals surface area (Å²) in [5.74, 6) is -0.142. The monoisotopic (exact) mass is 247 g/mol. The molecule has 0 fully saturated rings. The van der Waals surface area contributed by atoms with Crippen LogP contribution in [0.2, 0.25) is 0 Å². The molecule has 0 unspecified atom stereocenters. The standard InChI is InChI=1S/C12H13N3OS/c1-8-9(2)17-12(15-8)11(16)14-7-10-5-3-4-6-13-10/h3-6H,7H2,1-2H3,(H,14,16). The first-order valence-corrected chi connectivity index (χ1v) is 6.10. The summed E-state index contributed by atoms with van der Waals surface area (Å²) in [6, 6.07) is 5.61. The molecule has 2 aromatic rings. The number of hydrogen-bond donors (Lipinski definition) is 1. The molecule has 2 rings (SSSR count). The van der Waals surface area contributed by atoms with E-state index in [0.29, 0.717) is 11.6 Å². The van der Waals surface area contributed by atoms with E-state index in [1.54, 1.807) is 6.20 Å². The zero-order valence-electron chi connectivity index (χ0n) is 9.73. The first-order chi connectivity index (χ1) is 8.16. The molecule has 17 heavy (non-hydrogen) atoms. The number of nitrogens with one attached hydrogen (secondary N) is 1. The highest BCUT2D eigenvalue weighted by atomic mass is 32.1. The smallest absolute Gasteiger partial charge is 0.280 e. The second-order valence-electron chi connectivity index (χ2n) is 3.66. The molecule has 1 amide bonds. The second-order valence-corrected chi connectivity index (χ2v) is 4.87. The highest BCUT2D eigenvalue weighted by Crippen LogP contribution is 2.16. The lowest BCUT2D eigenvalue weighted by Gasteiger charge is -2.01. The Morgan fingerprint density at radius 3 is 2.82 bits per heavy atom. The number of aromatic nitrogens is 2. The van der Waals surface area contributed by atoms with E-state index < -0.39 is 0 Å². The summed E-state index contributed by atoms with van der Waals surface area (Å²) in [6.07, 6.45) is 1.71. The molecule has 0 radical (unpaired) electrons. The number of pyridine rings is 1. The third-order valence-electron chi connectivity index (χ3n) is 2.38. The van der Waals surface area contributed by atoms with Crippen LogP contribution in [0.4, 0.5) is 0 Å². The quantitative estimate of drug-likeness (QED) is 0.903. The molecule has 0 saturated heterocycles. The average Bonchev–Trinajstić information content (AvgIpc) is 2.68. The zero-order chi connectivity index (χ0) is 12.3. The predicted octanol–water partition coefficient (Wildman–Crippen LogP) is 2.08. The lowest BCUT2D eigenvalue weighted by Crippen LogP contribution is -2.23. The van der Waals surface area contributed by atoms with Gasteiger partial charge in [-0.3, -0.25) is 9.78 Å². The van der Waals surface area contributed by atoms with Crippen LogP contribution in [0.15, 0.2) is 24.4 Å². The molecule has 0 bridgehead atoms. The third kappa shape index (κ3) is 2.88. The van der Waals surface area contributed by atoms with Crippen molar-refractivity contribution in [3.05, 3.63) is 45.7 Å². The van der Waals surface area contributed by atoms with Crippen molar-refractivity contribution >= 4 is 17.2 Å². The van der Waals surface area contributed by atoms with Gasteiger partial charge in [0.15, 0.2) is 5.01 Å². The number of carbonyl (C=O) groups excluding carboxylic acids is 1. The van der Waals surface area contributed by atoms with Gasteiger partial charge in [-0.05, 0) is 26.0 Å². The highest BCUT2D eigenvalue weighted by molar-refractivity contribution is 7.13.